The van der Waals surface area contributed by atoms with Crippen molar-refractivity contribution in [2.24, 2.45) is 0 Å². The number of amides is 1. The van der Waals surface area contributed by atoms with E-state index in [1.54, 1.807) is 28.9 Å². The number of furan rings is 1. The van der Waals surface area contributed by atoms with E-state index in [2.05, 4.69) is 10.3 Å². The molecule has 1 unspecified atom stereocenters. The fraction of sp³-hybridized carbons (Fsp3) is 0.429. The van der Waals surface area contributed by atoms with Gasteiger partial charge >= 0.3 is 0 Å². The molecular formula is C14H15N5O3. The van der Waals surface area contributed by atoms with E-state index in [1.807, 2.05) is 6.07 Å². The Labute approximate surface area is 126 Å². The first-order valence-corrected chi connectivity index (χ1v) is 6.93. The smallest absolute Gasteiger partial charge is 0.257 e. The molecule has 0 aromatic carbocycles. The van der Waals surface area contributed by atoms with Gasteiger partial charge in [-0.25, -0.2) is 4.68 Å². The van der Waals surface area contributed by atoms with Crippen molar-refractivity contribution in [2.75, 3.05) is 19.7 Å². The third-order valence-electron chi connectivity index (χ3n) is 3.55. The van der Waals surface area contributed by atoms with Crippen molar-refractivity contribution in [1.29, 1.82) is 5.26 Å². The average molecular weight is 301 g/mol. The Morgan fingerprint density at radius 3 is 3.14 bits per heavy atom. The molecule has 1 amide bonds. The van der Waals surface area contributed by atoms with Crippen LogP contribution >= 0.6 is 0 Å². The molecule has 1 saturated heterocycles. The molecule has 0 aliphatic carbocycles. The lowest BCUT2D eigenvalue weighted by Crippen LogP contribution is -2.47. The number of ether oxygens (including phenoxy) is 1. The summed E-state index contributed by atoms with van der Waals surface area (Å²) in [7, 11) is 0. The van der Waals surface area contributed by atoms with E-state index >= 15 is 0 Å². The molecule has 1 aliphatic rings. The summed E-state index contributed by atoms with van der Waals surface area (Å²) in [6, 6.07) is 3.39. The molecule has 0 bridgehead atoms. The highest BCUT2D eigenvalue weighted by Crippen LogP contribution is 2.18. The lowest BCUT2D eigenvalue weighted by atomic mass is 10.2. The number of aromatic nitrogens is 3. The maximum Gasteiger partial charge on any atom is 0.257 e. The molecule has 0 spiro atoms. The fourth-order valence-electron chi connectivity index (χ4n) is 2.47. The van der Waals surface area contributed by atoms with Crippen LogP contribution in [-0.4, -0.2) is 51.6 Å². The zero-order valence-corrected chi connectivity index (χ0v) is 12.1. The largest absolute Gasteiger partial charge is 0.450 e. The van der Waals surface area contributed by atoms with Crippen molar-refractivity contribution >= 4 is 5.91 Å². The first kappa shape index (κ1) is 14.3. The summed E-state index contributed by atoms with van der Waals surface area (Å²) in [5.41, 5.74) is 0.429. The molecular weight excluding hydrogens is 286 g/mol. The van der Waals surface area contributed by atoms with Crippen LogP contribution in [0.3, 0.4) is 0 Å². The van der Waals surface area contributed by atoms with E-state index in [0.717, 1.165) is 0 Å². The standard InChI is InChI=1S/C14H15N5O3/c1-10-13(6-11(7-15)22-10)14(20)18-4-5-21-12(8-18)9-19-3-2-16-17-19/h2-3,6,12H,4-5,8-9H2,1H3. The number of nitriles is 1. The zero-order valence-electron chi connectivity index (χ0n) is 12.1. The molecule has 8 heteroatoms. The van der Waals surface area contributed by atoms with Crippen molar-refractivity contribution in [1.82, 2.24) is 19.9 Å². The molecule has 3 rings (SSSR count). The second-order valence-corrected chi connectivity index (χ2v) is 5.06. The van der Waals surface area contributed by atoms with Crippen LogP contribution in [0, 0.1) is 18.3 Å². The number of rotatable bonds is 3. The molecule has 1 fully saturated rings. The number of hydrogen-bond donors (Lipinski definition) is 0. The van der Waals surface area contributed by atoms with Gasteiger partial charge in [-0.1, -0.05) is 5.21 Å². The van der Waals surface area contributed by atoms with Crippen molar-refractivity contribution < 1.29 is 13.9 Å². The minimum atomic E-state index is -0.144. The third kappa shape index (κ3) is 2.84. The van der Waals surface area contributed by atoms with E-state index in [1.165, 1.54) is 6.07 Å². The summed E-state index contributed by atoms with van der Waals surface area (Å²) in [4.78, 5) is 14.3. The van der Waals surface area contributed by atoms with E-state index in [4.69, 9.17) is 14.4 Å². The van der Waals surface area contributed by atoms with Gasteiger partial charge in [-0.15, -0.1) is 5.10 Å². The van der Waals surface area contributed by atoms with Crippen LogP contribution < -0.4 is 0 Å². The Hall–Kier alpha value is -2.66. The number of hydrogen-bond acceptors (Lipinski definition) is 6. The number of carbonyl (C=O) groups excluding carboxylic acids is 1. The first-order chi connectivity index (χ1) is 10.7. The summed E-state index contributed by atoms with van der Waals surface area (Å²) < 4.78 is 12.6. The summed E-state index contributed by atoms with van der Waals surface area (Å²) in [6.07, 6.45) is 3.22. The number of carbonyl (C=O) groups is 1. The minimum Gasteiger partial charge on any atom is -0.450 e. The Bertz CT molecular complexity index is 701. The molecule has 114 valence electrons. The highest BCUT2D eigenvalue weighted by molar-refractivity contribution is 5.95. The zero-order chi connectivity index (χ0) is 15.5. The van der Waals surface area contributed by atoms with Crippen molar-refractivity contribution in [2.45, 2.75) is 19.6 Å². The predicted octanol–water partition coefficient (Wildman–Crippen LogP) is 0.592. The molecule has 2 aromatic heterocycles. The minimum absolute atomic E-state index is 0.137. The topological polar surface area (TPSA) is 97.2 Å². The molecule has 1 aliphatic heterocycles. The van der Waals surface area contributed by atoms with Crippen LogP contribution in [0.15, 0.2) is 22.9 Å². The van der Waals surface area contributed by atoms with Crippen LogP contribution in [0.5, 0.6) is 0 Å². The fourth-order valence-corrected chi connectivity index (χ4v) is 2.47. The Kier molecular flexibility index (Phi) is 3.89. The SMILES string of the molecule is Cc1oc(C#N)cc1C(=O)N1CCOC(Cn2ccnn2)C1. The van der Waals surface area contributed by atoms with Crippen LogP contribution in [-0.2, 0) is 11.3 Å². The number of nitrogens with zero attached hydrogens (tertiary/aromatic N) is 5. The van der Waals surface area contributed by atoms with Crippen LogP contribution in [0.2, 0.25) is 0 Å². The Morgan fingerprint density at radius 1 is 1.59 bits per heavy atom. The monoisotopic (exact) mass is 301 g/mol. The second-order valence-electron chi connectivity index (χ2n) is 5.06. The molecule has 8 nitrogen and oxygen atoms in total. The van der Waals surface area contributed by atoms with E-state index in [-0.39, 0.29) is 17.8 Å². The van der Waals surface area contributed by atoms with Crippen LogP contribution in [0.25, 0.3) is 0 Å². The lowest BCUT2D eigenvalue weighted by molar-refractivity contribution is -0.0302. The molecule has 1 atom stereocenters. The van der Waals surface area contributed by atoms with E-state index < -0.39 is 0 Å². The molecule has 22 heavy (non-hydrogen) atoms. The first-order valence-electron chi connectivity index (χ1n) is 6.93. The van der Waals surface area contributed by atoms with E-state index in [0.29, 0.717) is 37.6 Å². The number of morpholine rings is 1. The Balaban J connectivity index is 1.69. The maximum atomic E-state index is 12.6. The summed E-state index contributed by atoms with van der Waals surface area (Å²) in [6.45, 7) is 3.66. The van der Waals surface area contributed by atoms with Gasteiger partial charge in [-0.2, -0.15) is 5.26 Å². The van der Waals surface area contributed by atoms with Gasteiger partial charge in [0.25, 0.3) is 5.91 Å². The van der Waals surface area contributed by atoms with Gasteiger partial charge in [0.15, 0.2) is 0 Å². The van der Waals surface area contributed by atoms with Gasteiger partial charge in [0.1, 0.15) is 11.8 Å². The van der Waals surface area contributed by atoms with Gasteiger partial charge in [0, 0.05) is 25.4 Å². The molecule has 0 saturated carbocycles. The molecule has 0 N–H and O–H groups in total. The lowest BCUT2D eigenvalue weighted by Gasteiger charge is -2.32. The van der Waals surface area contributed by atoms with Gasteiger partial charge in [0.2, 0.25) is 5.76 Å². The maximum absolute atomic E-state index is 12.6. The van der Waals surface area contributed by atoms with Gasteiger partial charge in [-0.05, 0) is 6.92 Å². The highest BCUT2D eigenvalue weighted by atomic mass is 16.5. The number of aryl methyl sites for hydroxylation is 1. The average Bonchev–Trinajstić information content (AvgIpc) is 3.16. The summed E-state index contributed by atoms with van der Waals surface area (Å²) >= 11 is 0. The van der Waals surface area contributed by atoms with Crippen LogP contribution in [0.1, 0.15) is 21.9 Å². The summed E-state index contributed by atoms with van der Waals surface area (Å²) in [5.74, 6) is 0.462. The predicted molar refractivity (Wildman–Crippen MR) is 73.8 cm³/mol. The molecule has 2 aromatic rings. The van der Waals surface area contributed by atoms with Gasteiger partial charge < -0.3 is 14.1 Å². The van der Waals surface area contributed by atoms with Crippen molar-refractivity contribution in [3.8, 4) is 6.07 Å². The van der Waals surface area contributed by atoms with Crippen LogP contribution in [0.4, 0.5) is 0 Å². The van der Waals surface area contributed by atoms with E-state index in [9.17, 15) is 4.79 Å². The van der Waals surface area contributed by atoms with Gasteiger partial charge in [0.05, 0.1) is 31.0 Å². The highest BCUT2D eigenvalue weighted by Gasteiger charge is 2.27. The summed E-state index contributed by atoms with van der Waals surface area (Å²) in [5, 5.41) is 16.5. The van der Waals surface area contributed by atoms with Gasteiger partial charge in [-0.3, -0.25) is 4.79 Å². The third-order valence-corrected chi connectivity index (χ3v) is 3.55. The van der Waals surface area contributed by atoms with Crippen molar-refractivity contribution in [3.05, 3.63) is 35.5 Å². The second kappa shape index (κ2) is 5.99. The molecule has 0 radical (unpaired) electrons. The molecule has 3 heterocycles. The quantitative estimate of drug-likeness (QED) is 0.823. The van der Waals surface area contributed by atoms with Crippen molar-refractivity contribution in [3.63, 3.8) is 0 Å². The Morgan fingerprint density at radius 2 is 2.45 bits per heavy atom. The normalized spacial score (nSPS) is 18.2.